The number of amides is 1. The molecule has 1 amide bonds. The molecule has 1 N–H and O–H groups in total. The number of ether oxygens (including phenoxy) is 1. The Kier molecular flexibility index (Phi) is 7.47. The number of hydrogen-bond donors (Lipinski definition) is 1. The van der Waals surface area contributed by atoms with E-state index in [1.165, 1.54) is 12.1 Å². The lowest BCUT2D eigenvalue weighted by Gasteiger charge is -2.17. The van der Waals surface area contributed by atoms with Gasteiger partial charge in [-0.2, -0.15) is 0 Å². The zero-order chi connectivity index (χ0) is 18.1. The zero-order valence-electron chi connectivity index (χ0n) is 14.8. The predicted molar refractivity (Wildman–Crippen MR) is 94.2 cm³/mol. The normalized spacial score (nSPS) is 10.9. The molecule has 1 heterocycles. The van der Waals surface area contributed by atoms with Gasteiger partial charge in [0.05, 0.1) is 0 Å². The van der Waals surface area contributed by atoms with Gasteiger partial charge in [-0.3, -0.25) is 4.79 Å². The minimum atomic E-state index is -0.315. The van der Waals surface area contributed by atoms with Crippen molar-refractivity contribution in [3.63, 3.8) is 0 Å². The van der Waals surface area contributed by atoms with E-state index in [1.807, 2.05) is 0 Å². The second-order valence-electron chi connectivity index (χ2n) is 5.64. The van der Waals surface area contributed by atoms with E-state index in [0.717, 1.165) is 26.1 Å². The number of furan rings is 1. The van der Waals surface area contributed by atoms with Crippen molar-refractivity contribution in [2.24, 2.45) is 0 Å². The molecule has 5 nitrogen and oxygen atoms in total. The fourth-order valence-corrected chi connectivity index (χ4v) is 2.39. The molecule has 0 bridgehead atoms. The summed E-state index contributed by atoms with van der Waals surface area (Å²) in [5.41, 5.74) is 0. The number of hydrogen-bond acceptors (Lipinski definition) is 4. The number of carbonyl (C=O) groups is 1. The van der Waals surface area contributed by atoms with E-state index in [9.17, 15) is 9.18 Å². The number of benzene rings is 1. The Balaban J connectivity index is 1.74. The molecule has 0 aliphatic carbocycles. The molecule has 0 unspecified atom stereocenters. The maximum atomic E-state index is 12.8. The van der Waals surface area contributed by atoms with Gasteiger partial charge in [-0.05, 0) is 62.5 Å². The molecule has 0 aliphatic rings. The van der Waals surface area contributed by atoms with Gasteiger partial charge in [0, 0.05) is 6.54 Å². The summed E-state index contributed by atoms with van der Waals surface area (Å²) in [4.78, 5) is 14.4. The smallest absolute Gasteiger partial charge is 0.286 e. The van der Waals surface area contributed by atoms with Crippen LogP contribution in [-0.4, -0.2) is 37.0 Å². The molecule has 0 saturated carbocycles. The third kappa shape index (κ3) is 6.23. The Hall–Kier alpha value is -2.34. The minimum Gasteiger partial charge on any atom is -0.486 e. The van der Waals surface area contributed by atoms with Gasteiger partial charge in [-0.25, -0.2) is 4.39 Å². The third-order valence-corrected chi connectivity index (χ3v) is 3.91. The Morgan fingerprint density at radius 3 is 2.56 bits per heavy atom. The van der Waals surface area contributed by atoms with Gasteiger partial charge in [0.15, 0.2) is 5.76 Å². The van der Waals surface area contributed by atoms with Crippen LogP contribution in [0.25, 0.3) is 0 Å². The van der Waals surface area contributed by atoms with Crippen LogP contribution in [0.1, 0.15) is 36.6 Å². The quantitative estimate of drug-likeness (QED) is 0.668. The summed E-state index contributed by atoms with van der Waals surface area (Å²) in [6, 6.07) is 9.07. The van der Waals surface area contributed by atoms with Crippen LogP contribution in [-0.2, 0) is 6.61 Å². The highest BCUT2D eigenvalue weighted by atomic mass is 19.1. The molecule has 6 heteroatoms. The van der Waals surface area contributed by atoms with Crippen LogP contribution in [0, 0.1) is 5.82 Å². The number of nitrogens with zero attached hydrogens (tertiary/aromatic N) is 1. The van der Waals surface area contributed by atoms with Crippen LogP contribution in [0.15, 0.2) is 40.8 Å². The molecule has 25 heavy (non-hydrogen) atoms. The van der Waals surface area contributed by atoms with Crippen LogP contribution in [0.4, 0.5) is 4.39 Å². The van der Waals surface area contributed by atoms with Crippen LogP contribution in [0.3, 0.4) is 0 Å². The topological polar surface area (TPSA) is 54.7 Å². The van der Waals surface area contributed by atoms with Crippen LogP contribution in [0.5, 0.6) is 5.75 Å². The highest BCUT2D eigenvalue weighted by Gasteiger charge is 2.11. The monoisotopic (exact) mass is 348 g/mol. The standard InChI is InChI=1S/C19H25FN2O3/c1-3-22(4-2)13-5-12-21-19(23)18-11-10-17(25-18)14-24-16-8-6-15(20)7-9-16/h6-11H,3-5,12-14H2,1-2H3,(H,21,23). The first-order valence-electron chi connectivity index (χ1n) is 8.60. The van der Waals surface area contributed by atoms with Crippen molar-refractivity contribution in [1.82, 2.24) is 10.2 Å². The average Bonchev–Trinajstić information content (AvgIpc) is 3.10. The molecule has 0 saturated heterocycles. The Labute approximate surface area is 147 Å². The maximum Gasteiger partial charge on any atom is 0.286 e. The summed E-state index contributed by atoms with van der Waals surface area (Å²) in [5, 5.41) is 2.85. The van der Waals surface area contributed by atoms with Crippen molar-refractivity contribution in [3.8, 4) is 5.75 Å². The maximum absolute atomic E-state index is 12.8. The molecule has 2 aromatic rings. The summed E-state index contributed by atoms with van der Waals surface area (Å²) in [7, 11) is 0. The lowest BCUT2D eigenvalue weighted by Crippen LogP contribution is -2.29. The molecular weight excluding hydrogens is 323 g/mol. The largest absolute Gasteiger partial charge is 0.486 e. The number of carbonyl (C=O) groups excluding carboxylic acids is 1. The molecular formula is C19H25FN2O3. The van der Waals surface area contributed by atoms with E-state index in [-0.39, 0.29) is 24.1 Å². The Morgan fingerprint density at radius 2 is 1.88 bits per heavy atom. The van der Waals surface area contributed by atoms with Crippen LogP contribution in [0.2, 0.25) is 0 Å². The van der Waals surface area contributed by atoms with E-state index < -0.39 is 0 Å². The van der Waals surface area contributed by atoms with Gasteiger partial charge in [0.25, 0.3) is 5.91 Å². The second kappa shape index (κ2) is 9.84. The zero-order valence-corrected chi connectivity index (χ0v) is 14.8. The molecule has 0 aliphatic heterocycles. The molecule has 0 radical (unpaired) electrons. The van der Waals surface area contributed by atoms with Gasteiger partial charge in [0.2, 0.25) is 0 Å². The summed E-state index contributed by atoms with van der Waals surface area (Å²) in [5.74, 6) is 0.802. The molecule has 0 atom stereocenters. The van der Waals surface area contributed by atoms with Gasteiger partial charge in [-0.15, -0.1) is 0 Å². The Bertz CT molecular complexity index is 651. The lowest BCUT2D eigenvalue weighted by atomic mass is 10.3. The molecule has 2 rings (SSSR count). The first-order valence-corrected chi connectivity index (χ1v) is 8.60. The predicted octanol–water partition coefficient (Wildman–Crippen LogP) is 3.46. The highest BCUT2D eigenvalue weighted by molar-refractivity contribution is 5.91. The average molecular weight is 348 g/mol. The van der Waals surface area contributed by atoms with Crippen molar-refractivity contribution >= 4 is 5.91 Å². The van der Waals surface area contributed by atoms with Crippen molar-refractivity contribution in [1.29, 1.82) is 0 Å². The first kappa shape index (κ1) is 19.0. The fourth-order valence-electron chi connectivity index (χ4n) is 2.39. The first-order chi connectivity index (χ1) is 12.1. The summed E-state index contributed by atoms with van der Waals surface area (Å²) < 4.78 is 23.8. The lowest BCUT2D eigenvalue weighted by molar-refractivity contribution is 0.0920. The fraction of sp³-hybridized carbons (Fsp3) is 0.421. The molecule has 0 spiro atoms. The summed E-state index contributed by atoms with van der Waals surface area (Å²) in [6.45, 7) is 8.03. The minimum absolute atomic E-state index is 0.181. The van der Waals surface area contributed by atoms with Crippen molar-refractivity contribution in [2.75, 3.05) is 26.2 Å². The SMILES string of the molecule is CCN(CC)CCCNC(=O)c1ccc(COc2ccc(F)cc2)o1. The molecule has 0 fully saturated rings. The van der Waals surface area contributed by atoms with Crippen molar-refractivity contribution in [3.05, 3.63) is 53.7 Å². The summed E-state index contributed by atoms with van der Waals surface area (Å²) >= 11 is 0. The van der Waals surface area contributed by atoms with Crippen LogP contribution < -0.4 is 10.1 Å². The van der Waals surface area contributed by atoms with Crippen molar-refractivity contribution in [2.45, 2.75) is 26.9 Å². The molecule has 1 aromatic heterocycles. The second-order valence-corrected chi connectivity index (χ2v) is 5.64. The van der Waals surface area contributed by atoms with Gasteiger partial charge >= 0.3 is 0 Å². The number of halogens is 1. The van der Waals surface area contributed by atoms with E-state index >= 15 is 0 Å². The highest BCUT2D eigenvalue weighted by Crippen LogP contribution is 2.15. The van der Waals surface area contributed by atoms with Crippen LogP contribution >= 0.6 is 0 Å². The number of nitrogens with one attached hydrogen (secondary N) is 1. The van der Waals surface area contributed by atoms with E-state index in [2.05, 4.69) is 24.1 Å². The third-order valence-electron chi connectivity index (χ3n) is 3.91. The van der Waals surface area contributed by atoms with Crippen molar-refractivity contribution < 1.29 is 18.3 Å². The molecule has 136 valence electrons. The van der Waals surface area contributed by atoms with E-state index in [1.54, 1.807) is 24.3 Å². The number of rotatable bonds is 10. The summed E-state index contributed by atoms with van der Waals surface area (Å²) in [6.07, 6.45) is 0.897. The van der Waals surface area contributed by atoms with Gasteiger partial charge in [0.1, 0.15) is 23.9 Å². The Morgan fingerprint density at radius 1 is 1.16 bits per heavy atom. The van der Waals surface area contributed by atoms with E-state index in [0.29, 0.717) is 18.1 Å². The molecule has 1 aromatic carbocycles. The van der Waals surface area contributed by atoms with E-state index in [4.69, 9.17) is 9.15 Å². The van der Waals surface area contributed by atoms with Gasteiger partial charge in [-0.1, -0.05) is 13.8 Å². The van der Waals surface area contributed by atoms with Gasteiger partial charge < -0.3 is 19.4 Å².